The van der Waals surface area contributed by atoms with Gasteiger partial charge in [-0.2, -0.15) is 0 Å². The monoisotopic (exact) mass is 618 g/mol. The first-order valence-corrected chi connectivity index (χ1v) is 15.8. The van der Waals surface area contributed by atoms with Crippen molar-refractivity contribution in [2.75, 3.05) is 41.8 Å². The Hall–Kier alpha value is -5.05. The molecular weight excluding hydrogens is 580 g/mol. The van der Waals surface area contributed by atoms with Gasteiger partial charge in [0, 0.05) is 60.2 Å². The van der Waals surface area contributed by atoms with Crippen LogP contribution in [-0.4, -0.2) is 42.7 Å². The van der Waals surface area contributed by atoms with Crippen LogP contribution in [0.3, 0.4) is 0 Å². The van der Waals surface area contributed by atoms with E-state index in [4.69, 9.17) is 9.47 Å². The summed E-state index contributed by atoms with van der Waals surface area (Å²) in [5.41, 5.74) is 5.13. The molecule has 0 aliphatic carbocycles. The van der Waals surface area contributed by atoms with Crippen LogP contribution in [0.1, 0.15) is 65.1 Å². The third-order valence-electron chi connectivity index (χ3n) is 9.14. The number of rotatable bonds is 5. The topological polar surface area (TPSA) is 102 Å². The van der Waals surface area contributed by atoms with E-state index in [1.165, 1.54) is 0 Å². The highest BCUT2D eigenvalue weighted by Gasteiger charge is 2.35. The van der Waals surface area contributed by atoms with Crippen molar-refractivity contribution in [1.82, 2.24) is 4.57 Å². The Labute approximate surface area is 268 Å². The summed E-state index contributed by atoms with van der Waals surface area (Å²) in [6, 6.07) is 23.9. The molecule has 9 heteroatoms. The molecule has 0 spiro atoms. The zero-order valence-corrected chi connectivity index (χ0v) is 26.3. The summed E-state index contributed by atoms with van der Waals surface area (Å²) in [5.74, 6) is 1.15. The Balaban J connectivity index is 1.19. The van der Waals surface area contributed by atoms with Crippen molar-refractivity contribution in [3.8, 4) is 11.5 Å². The third-order valence-corrected chi connectivity index (χ3v) is 9.14. The van der Waals surface area contributed by atoms with E-state index in [0.29, 0.717) is 60.3 Å². The minimum Gasteiger partial charge on any atom is -0.486 e. The van der Waals surface area contributed by atoms with Crippen molar-refractivity contribution in [3.05, 3.63) is 112 Å². The number of nitrogens with one attached hydrogen (secondary N) is 2. The minimum atomic E-state index is -0.308. The molecule has 9 nitrogen and oxygen atoms in total. The summed E-state index contributed by atoms with van der Waals surface area (Å²) in [6.07, 6.45) is 1.01. The summed E-state index contributed by atoms with van der Waals surface area (Å²) in [4.78, 5) is 42.0. The van der Waals surface area contributed by atoms with Crippen molar-refractivity contribution in [2.45, 2.75) is 45.1 Å². The first-order valence-electron chi connectivity index (χ1n) is 15.8. The SMILES string of the molecule is CC(C)(C)c1ccc(C(=O)Nc2cc(C(=O)Nc3ccc4c(c3)OCCO4)ccc2N2CC3CC(C2)c2cccc(=O)n2C3)cc1. The number of carbonyl (C=O) groups excluding carboxylic acids is 2. The van der Waals surface area contributed by atoms with Crippen molar-refractivity contribution >= 4 is 28.9 Å². The lowest BCUT2D eigenvalue weighted by molar-refractivity contribution is 0.101. The molecule has 3 aliphatic heterocycles. The molecule has 1 saturated heterocycles. The third kappa shape index (κ3) is 5.85. The summed E-state index contributed by atoms with van der Waals surface area (Å²) in [6.45, 7) is 9.46. The van der Waals surface area contributed by atoms with Crippen molar-refractivity contribution < 1.29 is 19.1 Å². The second kappa shape index (κ2) is 11.7. The Morgan fingerprint density at radius 3 is 2.30 bits per heavy atom. The molecule has 46 heavy (non-hydrogen) atoms. The van der Waals surface area contributed by atoms with Gasteiger partial charge in [-0.3, -0.25) is 14.4 Å². The van der Waals surface area contributed by atoms with Gasteiger partial charge in [0.15, 0.2) is 11.5 Å². The van der Waals surface area contributed by atoms with Crippen LogP contribution in [0.25, 0.3) is 0 Å². The van der Waals surface area contributed by atoms with Gasteiger partial charge < -0.3 is 29.6 Å². The van der Waals surface area contributed by atoms with Crippen LogP contribution < -0.4 is 30.6 Å². The van der Waals surface area contributed by atoms with Crippen molar-refractivity contribution in [2.24, 2.45) is 5.92 Å². The molecular formula is C37H38N4O5. The van der Waals surface area contributed by atoms with Gasteiger partial charge in [0.05, 0.1) is 11.4 Å². The first-order chi connectivity index (χ1) is 22.1. The number of fused-ring (bicyclic) bond motifs is 5. The number of hydrogen-bond donors (Lipinski definition) is 2. The van der Waals surface area contributed by atoms with E-state index in [1.807, 2.05) is 47.0 Å². The number of pyridine rings is 1. The number of piperidine rings is 1. The fourth-order valence-electron chi connectivity index (χ4n) is 6.79. The number of benzene rings is 3. The fourth-order valence-corrected chi connectivity index (χ4v) is 6.79. The molecule has 0 saturated carbocycles. The zero-order valence-electron chi connectivity index (χ0n) is 26.3. The van der Waals surface area contributed by atoms with E-state index >= 15 is 0 Å². The number of carbonyl (C=O) groups is 2. The zero-order chi connectivity index (χ0) is 32.0. The summed E-state index contributed by atoms with van der Waals surface area (Å²) in [5, 5.41) is 6.08. The highest BCUT2D eigenvalue weighted by molar-refractivity contribution is 6.09. The molecule has 2 amide bonds. The lowest BCUT2D eigenvalue weighted by Gasteiger charge is -2.44. The minimum absolute atomic E-state index is 0.0306. The number of aromatic nitrogens is 1. The predicted octanol–water partition coefficient (Wildman–Crippen LogP) is 6.05. The van der Waals surface area contributed by atoms with Gasteiger partial charge in [0.25, 0.3) is 17.4 Å². The van der Waals surface area contributed by atoms with Gasteiger partial charge in [-0.1, -0.05) is 39.0 Å². The maximum absolute atomic E-state index is 13.6. The van der Waals surface area contributed by atoms with Crippen LogP contribution in [0.2, 0.25) is 0 Å². The standard InChI is InChI=1S/C37H38N4O5/c1-37(2,3)27-10-7-24(8-11-27)35(43)39-29-18-25(36(44)38-28-12-14-32-33(19-28)46-16-15-45-32)9-13-31(29)40-20-23-17-26(22-40)30-5-4-6-34(42)41(30)21-23/h4-14,18-19,23,26H,15-17,20-22H2,1-3H3,(H,38,44)(H,39,43). The molecule has 2 unspecified atom stereocenters. The first kappa shape index (κ1) is 29.6. The van der Waals surface area contributed by atoms with Crippen LogP contribution in [-0.2, 0) is 12.0 Å². The van der Waals surface area contributed by atoms with Gasteiger partial charge in [-0.05, 0) is 71.8 Å². The highest BCUT2D eigenvalue weighted by Crippen LogP contribution is 2.40. The molecule has 1 aromatic heterocycles. The molecule has 3 aromatic carbocycles. The number of hydrogen-bond acceptors (Lipinski definition) is 6. The molecule has 0 radical (unpaired) electrons. The average Bonchev–Trinajstić information content (AvgIpc) is 3.05. The lowest BCUT2D eigenvalue weighted by Crippen LogP contribution is -2.47. The Morgan fingerprint density at radius 2 is 1.52 bits per heavy atom. The Kier molecular flexibility index (Phi) is 7.55. The van der Waals surface area contributed by atoms with E-state index < -0.39 is 0 Å². The normalized spacial score (nSPS) is 18.4. The van der Waals surface area contributed by atoms with Crippen LogP contribution in [0.15, 0.2) is 83.7 Å². The molecule has 3 aliphatic rings. The maximum atomic E-state index is 13.6. The van der Waals surface area contributed by atoms with Crippen molar-refractivity contribution in [3.63, 3.8) is 0 Å². The quantitative estimate of drug-likeness (QED) is 0.283. The average molecular weight is 619 g/mol. The van der Waals surface area contributed by atoms with Crippen LogP contribution >= 0.6 is 0 Å². The number of nitrogens with zero attached hydrogens (tertiary/aromatic N) is 2. The molecule has 4 heterocycles. The van der Waals surface area contributed by atoms with E-state index in [-0.39, 0.29) is 34.6 Å². The lowest BCUT2D eigenvalue weighted by atomic mass is 9.83. The van der Waals surface area contributed by atoms with Crippen LogP contribution in [0.4, 0.5) is 17.1 Å². The fraction of sp³-hybridized carbons (Fsp3) is 0.324. The molecule has 2 N–H and O–H groups in total. The molecule has 236 valence electrons. The van der Waals surface area contributed by atoms with Gasteiger partial charge in [0.2, 0.25) is 0 Å². The van der Waals surface area contributed by atoms with E-state index in [1.54, 1.807) is 36.4 Å². The Morgan fingerprint density at radius 1 is 0.783 bits per heavy atom. The molecule has 2 atom stereocenters. The van der Waals surface area contributed by atoms with Gasteiger partial charge in [0.1, 0.15) is 13.2 Å². The smallest absolute Gasteiger partial charge is 0.255 e. The van der Waals surface area contributed by atoms with Crippen molar-refractivity contribution in [1.29, 1.82) is 0 Å². The summed E-state index contributed by atoms with van der Waals surface area (Å²) >= 11 is 0. The second-order valence-electron chi connectivity index (χ2n) is 13.4. The van der Waals surface area contributed by atoms with E-state index in [0.717, 1.165) is 29.9 Å². The van der Waals surface area contributed by atoms with Gasteiger partial charge >= 0.3 is 0 Å². The number of ether oxygens (including phenoxy) is 2. The maximum Gasteiger partial charge on any atom is 0.255 e. The van der Waals surface area contributed by atoms with Crippen LogP contribution in [0, 0.1) is 5.92 Å². The van der Waals surface area contributed by atoms with E-state index in [2.05, 4.69) is 36.3 Å². The van der Waals surface area contributed by atoms with E-state index in [9.17, 15) is 14.4 Å². The highest BCUT2D eigenvalue weighted by atomic mass is 16.6. The predicted molar refractivity (Wildman–Crippen MR) is 179 cm³/mol. The van der Waals surface area contributed by atoms with Gasteiger partial charge in [-0.15, -0.1) is 0 Å². The summed E-state index contributed by atoms with van der Waals surface area (Å²) < 4.78 is 13.2. The Bertz CT molecular complexity index is 1870. The van der Waals surface area contributed by atoms with Crippen LogP contribution in [0.5, 0.6) is 11.5 Å². The second-order valence-corrected chi connectivity index (χ2v) is 13.4. The number of anilines is 3. The molecule has 7 rings (SSSR count). The molecule has 4 aromatic rings. The number of amides is 2. The molecule has 2 bridgehead atoms. The van der Waals surface area contributed by atoms with Gasteiger partial charge in [-0.25, -0.2) is 0 Å². The summed E-state index contributed by atoms with van der Waals surface area (Å²) in [7, 11) is 0. The molecule has 1 fully saturated rings. The largest absolute Gasteiger partial charge is 0.486 e.